The Morgan fingerprint density at radius 1 is 1.40 bits per heavy atom. The van der Waals surface area contributed by atoms with E-state index in [4.69, 9.17) is 40.5 Å². The van der Waals surface area contributed by atoms with Crippen molar-refractivity contribution in [3.8, 4) is 0 Å². The molecule has 0 heterocycles. The number of hydrogen-bond donors (Lipinski definition) is 3. The average Bonchev–Trinajstić information content (AvgIpc) is 2.19. The van der Waals surface area contributed by atoms with Gasteiger partial charge < -0.3 is 15.7 Å². The smallest absolute Gasteiger partial charge is 0.170 e. The molecule has 15 heavy (non-hydrogen) atoms. The van der Waals surface area contributed by atoms with Crippen LogP contribution in [0.1, 0.15) is 0 Å². The van der Waals surface area contributed by atoms with Gasteiger partial charge in [0.15, 0.2) is 5.11 Å². The Kier molecular flexibility index (Phi) is 5.11. The van der Waals surface area contributed by atoms with Gasteiger partial charge in [0.2, 0.25) is 0 Å². The van der Waals surface area contributed by atoms with Gasteiger partial charge in [-0.2, -0.15) is 0 Å². The van der Waals surface area contributed by atoms with Gasteiger partial charge >= 0.3 is 0 Å². The largest absolute Gasteiger partial charge is 0.395 e. The summed E-state index contributed by atoms with van der Waals surface area (Å²) in [6, 6.07) is 5.07. The summed E-state index contributed by atoms with van der Waals surface area (Å²) in [7, 11) is 0. The third kappa shape index (κ3) is 4.22. The van der Waals surface area contributed by atoms with Gasteiger partial charge in [-0.25, -0.2) is 0 Å². The van der Waals surface area contributed by atoms with Gasteiger partial charge in [0, 0.05) is 11.6 Å². The fourth-order valence-corrected chi connectivity index (χ4v) is 1.59. The van der Waals surface area contributed by atoms with Crippen molar-refractivity contribution >= 4 is 46.2 Å². The van der Waals surface area contributed by atoms with E-state index in [0.717, 1.165) is 0 Å². The van der Waals surface area contributed by atoms with E-state index < -0.39 is 0 Å². The zero-order chi connectivity index (χ0) is 11.3. The number of aliphatic hydroxyl groups excluding tert-OH is 1. The van der Waals surface area contributed by atoms with Crippen LogP contribution in [0.3, 0.4) is 0 Å². The minimum Gasteiger partial charge on any atom is -0.395 e. The van der Waals surface area contributed by atoms with Crippen molar-refractivity contribution in [2.45, 2.75) is 0 Å². The van der Waals surface area contributed by atoms with Crippen LogP contribution in [0.4, 0.5) is 5.69 Å². The zero-order valence-electron chi connectivity index (χ0n) is 7.76. The van der Waals surface area contributed by atoms with Crippen LogP contribution in [0.15, 0.2) is 18.2 Å². The average molecular weight is 265 g/mol. The predicted molar refractivity (Wildman–Crippen MR) is 67.8 cm³/mol. The molecule has 1 aromatic carbocycles. The maximum atomic E-state index is 8.58. The first-order chi connectivity index (χ1) is 7.13. The lowest BCUT2D eigenvalue weighted by Gasteiger charge is -2.10. The lowest BCUT2D eigenvalue weighted by molar-refractivity contribution is 0.301. The van der Waals surface area contributed by atoms with Crippen molar-refractivity contribution < 1.29 is 5.11 Å². The minimum atomic E-state index is 0.0240. The summed E-state index contributed by atoms with van der Waals surface area (Å²) in [5.74, 6) is 0. The highest BCUT2D eigenvalue weighted by Gasteiger charge is 2.02. The molecule has 82 valence electrons. The molecule has 1 rings (SSSR count). The van der Waals surface area contributed by atoms with Gasteiger partial charge in [-0.15, -0.1) is 0 Å². The highest BCUT2D eigenvalue weighted by molar-refractivity contribution is 7.80. The molecule has 0 aliphatic carbocycles. The molecule has 3 nitrogen and oxygen atoms in total. The minimum absolute atomic E-state index is 0.0240. The van der Waals surface area contributed by atoms with Crippen molar-refractivity contribution in [3.63, 3.8) is 0 Å². The normalized spacial score (nSPS) is 9.80. The second-order valence-electron chi connectivity index (χ2n) is 2.73. The van der Waals surface area contributed by atoms with Gasteiger partial charge in [-0.3, -0.25) is 0 Å². The number of nitrogens with one attached hydrogen (secondary N) is 2. The Hall–Kier alpha value is -0.550. The summed E-state index contributed by atoms with van der Waals surface area (Å²) in [6.07, 6.45) is 0. The number of hydrogen-bond acceptors (Lipinski definition) is 2. The van der Waals surface area contributed by atoms with Crippen LogP contribution in [0.2, 0.25) is 10.0 Å². The molecule has 0 saturated heterocycles. The molecular formula is C9H10Cl2N2OS. The van der Waals surface area contributed by atoms with Crippen molar-refractivity contribution in [1.29, 1.82) is 0 Å². The van der Waals surface area contributed by atoms with E-state index in [1.807, 2.05) is 0 Å². The lowest BCUT2D eigenvalue weighted by Crippen LogP contribution is -2.30. The molecule has 0 bridgehead atoms. The van der Waals surface area contributed by atoms with E-state index in [2.05, 4.69) is 10.6 Å². The Balaban J connectivity index is 2.60. The molecule has 0 atom stereocenters. The van der Waals surface area contributed by atoms with Crippen molar-refractivity contribution in [2.75, 3.05) is 18.5 Å². The molecule has 0 unspecified atom stereocenters. The van der Waals surface area contributed by atoms with Gasteiger partial charge in [0.05, 0.1) is 17.3 Å². The molecule has 0 radical (unpaired) electrons. The summed E-state index contributed by atoms with van der Waals surface area (Å²) in [6.45, 7) is 0.424. The Bertz CT molecular complexity index is 360. The SMILES string of the molecule is OCCNC(=S)Nc1ccc(Cl)cc1Cl. The lowest BCUT2D eigenvalue weighted by atomic mass is 10.3. The molecular weight excluding hydrogens is 255 g/mol. The van der Waals surface area contributed by atoms with E-state index in [-0.39, 0.29) is 6.61 Å². The van der Waals surface area contributed by atoms with Crippen LogP contribution in [-0.2, 0) is 0 Å². The van der Waals surface area contributed by atoms with Crippen LogP contribution >= 0.6 is 35.4 Å². The van der Waals surface area contributed by atoms with Gasteiger partial charge in [0.25, 0.3) is 0 Å². The predicted octanol–water partition coefficient (Wildman–Crippen LogP) is 2.27. The quantitative estimate of drug-likeness (QED) is 0.734. The molecule has 0 saturated carbocycles. The van der Waals surface area contributed by atoms with Crippen LogP contribution in [-0.4, -0.2) is 23.4 Å². The highest BCUT2D eigenvalue weighted by Crippen LogP contribution is 2.25. The highest BCUT2D eigenvalue weighted by atomic mass is 35.5. The number of benzene rings is 1. The summed E-state index contributed by atoms with van der Waals surface area (Å²) >= 11 is 16.6. The molecule has 0 aliphatic rings. The molecule has 0 aliphatic heterocycles. The first-order valence-electron chi connectivity index (χ1n) is 4.24. The van der Waals surface area contributed by atoms with Gasteiger partial charge in [-0.05, 0) is 30.4 Å². The number of halogens is 2. The van der Waals surface area contributed by atoms with E-state index in [0.29, 0.717) is 27.4 Å². The second-order valence-corrected chi connectivity index (χ2v) is 3.98. The number of aliphatic hydroxyl groups is 1. The number of anilines is 1. The van der Waals surface area contributed by atoms with E-state index in [9.17, 15) is 0 Å². The van der Waals surface area contributed by atoms with Gasteiger partial charge in [0.1, 0.15) is 0 Å². The molecule has 0 spiro atoms. The monoisotopic (exact) mass is 264 g/mol. The third-order valence-corrected chi connectivity index (χ3v) is 2.37. The van der Waals surface area contributed by atoms with E-state index >= 15 is 0 Å². The Morgan fingerprint density at radius 3 is 2.73 bits per heavy atom. The first-order valence-corrected chi connectivity index (χ1v) is 5.40. The van der Waals surface area contributed by atoms with Crippen molar-refractivity contribution in [1.82, 2.24) is 5.32 Å². The number of rotatable bonds is 3. The summed E-state index contributed by atoms with van der Waals surface area (Å²) in [5, 5.41) is 15.7. The summed E-state index contributed by atoms with van der Waals surface area (Å²) in [4.78, 5) is 0. The van der Waals surface area contributed by atoms with Crippen molar-refractivity contribution in [2.24, 2.45) is 0 Å². The van der Waals surface area contributed by atoms with E-state index in [1.165, 1.54) is 0 Å². The second kappa shape index (κ2) is 6.12. The zero-order valence-corrected chi connectivity index (χ0v) is 10.1. The summed E-state index contributed by atoms with van der Waals surface area (Å²) < 4.78 is 0. The van der Waals surface area contributed by atoms with Crippen LogP contribution < -0.4 is 10.6 Å². The standard InChI is InChI=1S/C9H10Cl2N2OS/c10-6-1-2-8(7(11)5-6)13-9(15)12-3-4-14/h1-2,5,14H,3-4H2,(H2,12,13,15). The fraction of sp³-hybridized carbons (Fsp3) is 0.222. The molecule has 0 fully saturated rings. The molecule has 0 amide bonds. The van der Waals surface area contributed by atoms with E-state index in [1.54, 1.807) is 18.2 Å². The molecule has 6 heteroatoms. The molecule has 1 aromatic rings. The Labute approximate surface area is 103 Å². The van der Waals surface area contributed by atoms with Gasteiger partial charge in [-0.1, -0.05) is 23.2 Å². The molecule has 3 N–H and O–H groups in total. The number of thiocarbonyl (C=S) groups is 1. The molecule has 0 aromatic heterocycles. The first kappa shape index (κ1) is 12.5. The third-order valence-electron chi connectivity index (χ3n) is 1.58. The fourth-order valence-electron chi connectivity index (χ4n) is 0.927. The van der Waals surface area contributed by atoms with Crippen LogP contribution in [0.25, 0.3) is 0 Å². The van der Waals surface area contributed by atoms with Crippen LogP contribution in [0, 0.1) is 0 Å². The maximum absolute atomic E-state index is 8.58. The Morgan fingerprint density at radius 2 is 2.13 bits per heavy atom. The summed E-state index contributed by atoms with van der Waals surface area (Å²) in [5.41, 5.74) is 0.677. The topological polar surface area (TPSA) is 44.3 Å². The van der Waals surface area contributed by atoms with Crippen molar-refractivity contribution in [3.05, 3.63) is 28.2 Å². The van der Waals surface area contributed by atoms with Crippen LogP contribution in [0.5, 0.6) is 0 Å². The maximum Gasteiger partial charge on any atom is 0.170 e.